The van der Waals surface area contributed by atoms with E-state index in [1.807, 2.05) is 75.4 Å². The number of aryl methyl sites for hydroxylation is 2. The van der Waals surface area contributed by atoms with Crippen LogP contribution < -0.4 is 14.8 Å². The molecule has 0 unspecified atom stereocenters. The van der Waals surface area contributed by atoms with Crippen molar-refractivity contribution in [1.82, 2.24) is 4.90 Å². The molecule has 6 nitrogen and oxygen atoms in total. The number of thioether (sulfide) groups is 1. The van der Waals surface area contributed by atoms with Crippen LogP contribution in [0.25, 0.3) is 6.08 Å². The highest BCUT2D eigenvalue weighted by molar-refractivity contribution is 8.26. The van der Waals surface area contributed by atoms with Gasteiger partial charge in [0.2, 0.25) is 0 Å². The molecule has 4 rings (SSSR count). The van der Waals surface area contributed by atoms with Crippen LogP contribution in [-0.2, 0) is 9.59 Å². The van der Waals surface area contributed by atoms with E-state index in [0.29, 0.717) is 20.7 Å². The Bertz CT molecular complexity index is 1350. The van der Waals surface area contributed by atoms with Gasteiger partial charge in [-0.25, -0.2) is 0 Å². The lowest BCUT2D eigenvalue weighted by Gasteiger charge is -2.23. The number of ether oxygens (including phenoxy) is 2. The van der Waals surface area contributed by atoms with Gasteiger partial charge in [0.1, 0.15) is 4.32 Å². The van der Waals surface area contributed by atoms with Crippen molar-refractivity contribution in [2.45, 2.75) is 26.8 Å². The second-order valence-electron chi connectivity index (χ2n) is 8.65. The maximum atomic E-state index is 13.2. The molecule has 8 heteroatoms. The fourth-order valence-corrected chi connectivity index (χ4v) is 5.49. The number of nitrogens with zero attached hydrogens (tertiary/aromatic N) is 1. The Morgan fingerprint density at radius 2 is 1.76 bits per heavy atom. The zero-order valence-electron chi connectivity index (χ0n) is 21.1. The molecule has 3 aromatic carbocycles. The van der Waals surface area contributed by atoms with Gasteiger partial charge >= 0.3 is 0 Å². The summed E-state index contributed by atoms with van der Waals surface area (Å²) in [6.07, 6.45) is 1.79. The number of anilines is 1. The van der Waals surface area contributed by atoms with E-state index in [1.54, 1.807) is 23.1 Å². The highest BCUT2D eigenvalue weighted by Gasteiger charge is 2.35. The fraction of sp³-hybridized carbons (Fsp3) is 0.207. The second-order valence-corrected chi connectivity index (χ2v) is 10.3. The minimum atomic E-state index is -0.264. The molecule has 1 heterocycles. The predicted octanol–water partition coefficient (Wildman–Crippen LogP) is 6.29. The first-order chi connectivity index (χ1) is 17.8. The Morgan fingerprint density at radius 1 is 1.05 bits per heavy atom. The molecule has 0 aliphatic carbocycles. The highest BCUT2D eigenvalue weighted by atomic mass is 32.2. The molecular formula is C29H28N2O4S2. The number of methoxy groups -OCH3 is 1. The van der Waals surface area contributed by atoms with Crippen molar-refractivity contribution in [3.8, 4) is 11.5 Å². The molecule has 2 amide bonds. The van der Waals surface area contributed by atoms with E-state index in [2.05, 4.69) is 5.32 Å². The van der Waals surface area contributed by atoms with Crippen molar-refractivity contribution < 1.29 is 19.1 Å². The Labute approximate surface area is 226 Å². The zero-order chi connectivity index (χ0) is 26.5. The minimum Gasteiger partial charge on any atom is -0.493 e. The van der Waals surface area contributed by atoms with Crippen LogP contribution in [0.15, 0.2) is 71.6 Å². The molecule has 190 valence electrons. The Hall–Kier alpha value is -3.62. The summed E-state index contributed by atoms with van der Waals surface area (Å²) in [5.41, 5.74) is 4.54. The maximum absolute atomic E-state index is 13.2. The van der Waals surface area contributed by atoms with Crippen LogP contribution in [0.4, 0.5) is 5.69 Å². The van der Waals surface area contributed by atoms with Gasteiger partial charge in [-0.1, -0.05) is 78.6 Å². The summed E-state index contributed by atoms with van der Waals surface area (Å²) in [4.78, 5) is 27.9. The first-order valence-electron chi connectivity index (χ1n) is 11.8. The lowest BCUT2D eigenvalue weighted by molar-refractivity contribution is -0.123. The summed E-state index contributed by atoms with van der Waals surface area (Å²) in [6, 6.07) is 20.8. The normalized spacial score (nSPS) is 15.1. The molecule has 1 N–H and O–H groups in total. The molecule has 1 aliphatic heterocycles. The standard InChI is InChI=1S/C29H28N2O4S2/c1-18-9-8-10-19(2)27(18)30-26(32)17-35-23-14-13-21(15-24(23)34-4)16-25-28(33)31(29(36)37-25)20(3)22-11-6-5-7-12-22/h5-16,20H,17H2,1-4H3,(H,30,32)/b25-16-/t20-/m0/s1. The number of para-hydroxylation sites is 1. The van der Waals surface area contributed by atoms with Gasteiger partial charge < -0.3 is 14.8 Å². The Kier molecular flexibility index (Phi) is 8.31. The van der Waals surface area contributed by atoms with Gasteiger partial charge in [-0.05, 0) is 61.2 Å². The van der Waals surface area contributed by atoms with E-state index in [9.17, 15) is 9.59 Å². The molecule has 0 aromatic heterocycles. The zero-order valence-corrected chi connectivity index (χ0v) is 22.7. The number of hydrogen-bond donors (Lipinski definition) is 1. The third-order valence-electron chi connectivity index (χ3n) is 6.08. The summed E-state index contributed by atoms with van der Waals surface area (Å²) < 4.78 is 11.8. The number of hydrogen-bond acceptors (Lipinski definition) is 6. The van der Waals surface area contributed by atoms with Gasteiger partial charge in [0.15, 0.2) is 18.1 Å². The van der Waals surface area contributed by atoms with Crippen molar-refractivity contribution in [3.63, 3.8) is 0 Å². The van der Waals surface area contributed by atoms with Gasteiger partial charge in [0.25, 0.3) is 11.8 Å². The maximum Gasteiger partial charge on any atom is 0.266 e. The molecule has 0 bridgehead atoms. The van der Waals surface area contributed by atoms with Crippen LogP contribution in [0, 0.1) is 13.8 Å². The summed E-state index contributed by atoms with van der Waals surface area (Å²) in [5.74, 6) is 0.497. The molecule has 0 radical (unpaired) electrons. The molecule has 0 saturated carbocycles. The Balaban J connectivity index is 1.45. The molecule has 1 fully saturated rings. The van der Waals surface area contributed by atoms with Crippen molar-refractivity contribution in [3.05, 3.63) is 93.9 Å². The van der Waals surface area contributed by atoms with Crippen LogP contribution in [-0.4, -0.2) is 34.8 Å². The molecule has 1 saturated heterocycles. The van der Waals surface area contributed by atoms with E-state index in [1.165, 1.54) is 18.9 Å². The predicted molar refractivity (Wildman–Crippen MR) is 153 cm³/mol. The SMILES string of the molecule is COc1cc(/C=C2\SC(=S)N([C@@H](C)c3ccccc3)C2=O)ccc1OCC(=O)Nc1c(C)cccc1C. The van der Waals surface area contributed by atoms with E-state index in [-0.39, 0.29) is 24.5 Å². The summed E-state index contributed by atoms with van der Waals surface area (Å²) in [7, 11) is 1.53. The number of amides is 2. The van der Waals surface area contributed by atoms with Crippen LogP contribution in [0.5, 0.6) is 11.5 Å². The topological polar surface area (TPSA) is 67.9 Å². The van der Waals surface area contributed by atoms with Crippen LogP contribution in [0.1, 0.15) is 35.2 Å². The molecular weight excluding hydrogens is 504 g/mol. The van der Waals surface area contributed by atoms with E-state index < -0.39 is 0 Å². The Morgan fingerprint density at radius 3 is 2.43 bits per heavy atom. The quantitative estimate of drug-likeness (QED) is 0.272. The van der Waals surface area contributed by atoms with Crippen molar-refractivity contribution in [1.29, 1.82) is 0 Å². The smallest absolute Gasteiger partial charge is 0.266 e. The second kappa shape index (κ2) is 11.6. The van der Waals surface area contributed by atoms with Gasteiger partial charge in [0, 0.05) is 5.69 Å². The minimum absolute atomic E-state index is 0.131. The fourth-order valence-electron chi connectivity index (χ4n) is 4.07. The number of nitrogens with one attached hydrogen (secondary N) is 1. The van der Waals surface area contributed by atoms with E-state index >= 15 is 0 Å². The van der Waals surface area contributed by atoms with Crippen molar-refractivity contribution in [2.24, 2.45) is 0 Å². The number of rotatable bonds is 8. The monoisotopic (exact) mass is 532 g/mol. The molecule has 3 aromatic rings. The average Bonchev–Trinajstić information content (AvgIpc) is 3.17. The van der Waals surface area contributed by atoms with E-state index in [4.69, 9.17) is 21.7 Å². The first-order valence-corrected chi connectivity index (χ1v) is 13.0. The third kappa shape index (κ3) is 6.03. The van der Waals surface area contributed by atoms with Crippen LogP contribution >= 0.6 is 24.0 Å². The average molecular weight is 533 g/mol. The molecule has 1 atom stereocenters. The summed E-state index contributed by atoms with van der Waals surface area (Å²) in [6.45, 7) is 5.69. The van der Waals surface area contributed by atoms with Gasteiger partial charge in [-0.3, -0.25) is 14.5 Å². The van der Waals surface area contributed by atoms with Gasteiger partial charge in [-0.2, -0.15) is 0 Å². The number of carbonyl (C=O) groups excluding carboxylic acids is 2. The summed E-state index contributed by atoms with van der Waals surface area (Å²) >= 11 is 6.80. The molecule has 37 heavy (non-hydrogen) atoms. The van der Waals surface area contributed by atoms with Crippen LogP contribution in [0.3, 0.4) is 0 Å². The van der Waals surface area contributed by atoms with E-state index in [0.717, 1.165) is 27.9 Å². The largest absolute Gasteiger partial charge is 0.493 e. The van der Waals surface area contributed by atoms with Gasteiger partial charge in [-0.15, -0.1) is 0 Å². The first kappa shape index (κ1) is 26.4. The lowest BCUT2D eigenvalue weighted by atomic mass is 10.1. The molecule has 1 aliphatic rings. The summed E-state index contributed by atoms with van der Waals surface area (Å²) in [5, 5.41) is 2.91. The van der Waals surface area contributed by atoms with Crippen LogP contribution in [0.2, 0.25) is 0 Å². The number of thiocarbonyl (C=S) groups is 1. The van der Waals surface area contributed by atoms with Crippen molar-refractivity contribution >= 4 is 51.9 Å². The number of benzene rings is 3. The lowest BCUT2D eigenvalue weighted by Crippen LogP contribution is -2.30. The molecule has 0 spiro atoms. The number of carbonyl (C=O) groups is 2. The van der Waals surface area contributed by atoms with Gasteiger partial charge in [0.05, 0.1) is 18.1 Å². The van der Waals surface area contributed by atoms with Crippen molar-refractivity contribution in [2.75, 3.05) is 19.0 Å². The third-order valence-corrected chi connectivity index (χ3v) is 7.41. The highest BCUT2D eigenvalue weighted by Crippen LogP contribution is 2.39.